The third-order valence-corrected chi connectivity index (χ3v) is 5.96. The lowest BCUT2D eigenvalue weighted by molar-refractivity contribution is -0.169. The summed E-state index contributed by atoms with van der Waals surface area (Å²) in [7, 11) is 0. The lowest BCUT2D eigenvalue weighted by Gasteiger charge is -2.31. The van der Waals surface area contributed by atoms with Crippen molar-refractivity contribution >= 4 is 11.9 Å². The minimum Gasteiger partial charge on any atom is -0.481 e. The number of aliphatic hydroxyl groups is 1. The summed E-state index contributed by atoms with van der Waals surface area (Å²) in [6.45, 7) is 4.36. The quantitative estimate of drug-likeness (QED) is 0.146. The van der Waals surface area contributed by atoms with Gasteiger partial charge in [-0.25, -0.2) is 0 Å². The summed E-state index contributed by atoms with van der Waals surface area (Å²) >= 11 is 0. The second kappa shape index (κ2) is 17.7. The van der Waals surface area contributed by atoms with Gasteiger partial charge in [-0.15, -0.1) is 0 Å². The molecule has 0 aliphatic rings. The number of carbonyl (C=O) groups is 2. The molecule has 172 valence electrons. The van der Waals surface area contributed by atoms with Crippen LogP contribution in [0.4, 0.5) is 0 Å². The first-order chi connectivity index (χ1) is 13.9. The maximum atomic E-state index is 11.5. The predicted octanol–water partition coefficient (Wildman–Crippen LogP) is 6.56. The van der Waals surface area contributed by atoms with Crippen LogP contribution in [0, 0.1) is 5.92 Å². The van der Waals surface area contributed by atoms with Gasteiger partial charge in [0.2, 0.25) is 0 Å². The van der Waals surface area contributed by atoms with E-state index in [1.165, 1.54) is 44.9 Å². The topological polar surface area (TPSA) is 94.8 Å². The van der Waals surface area contributed by atoms with Crippen LogP contribution in [-0.4, -0.2) is 32.9 Å². The predicted molar refractivity (Wildman–Crippen MR) is 118 cm³/mol. The van der Waals surface area contributed by atoms with Gasteiger partial charge in [-0.2, -0.15) is 0 Å². The minimum atomic E-state index is -1.74. The molecule has 0 bridgehead atoms. The SMILES string of the molecule is CCCCCCCCCCCCC(O)(CCCCCCCC)C(C(=O)O)C(=O)O. The number of hydrogen-bond donors (Lipinski definition) is 3. The smallest absolute Gasteiger partial charge is 0.320 e. The Labute approximate surface area is 178 Å². The zero-order chi connectivity index (χ0) is 22.0. The van der Waals surface area contributed by atoms with E-state index in [1.807, 2.05) is 0 Å². The fourth-order valence-corrected chi connectivity index (χ4v) is 4.11. The van der Waals surface area contributed by atoms with Crippen LogP contribution < -0.4 is 0 Å². The van der Waals surface area contributed by atoms with Crippen molar-refractivity contribution in [2.45, 2.75) is 135 Å². The first-order valence-corrected chi connectivity index (χ1v) is 12.1. The van der Waals surface area contributed by atoms with E-state index in [9.17, 15) is 24.9 Å². The molecule has 0 aromatic carbocycles. The Balaban J connectivity index is 4.34. The third-order valence-electron chi connectivity index (χ3n) is 5.96. The van der Waals surface area contributed by atoms with Crippen molar-refractivity contribution < 1.29 is 24.9 Å². The zero-order valence-corrected chi connectivity index (χ0v) is 19.0. The summed E-state index contributed by atoms with van der Waals surface area (Å²) in [5.74, 6) is -4.60. The number of aliphatic carboxylic acids is 2. The summed E-state index contributed by atoms with van der Waals surface area (Å²) in [4.78, 5) is 23.0. The summed E-state index contributed by atoms with van der Waals surface area (Å²) in [6, 6.07) is 0. The van der Waals surface area contributed by atoms with Gasteiger partial charge in [0.1, 0.15) is 0 Å². The van der Waals surface area contributed by atoms with Gasteiger partial charge in [0.25, 0.3) is 0 Å². The van der Waals surface area contributed by atoms with Crippen molar-refractivity contribution in [1.29, 1.82) is 0 Å². The Kier molecular flexibility index (Phi) is 17.1. The minimum absolute atomic E-state index is 0.250. The van der Waals surface area contributed by atoms with Crippen LogP contribution >= 0.6 is 0 Å². The zero-order valence-electron chi connectivity index (χ0n) is 19.0. The van der Waals surface area contributed by atoms with Gasteiger partial charge in [-0.3, -0.25) is 9.59 Å². The van der Waals surface area contributed by atoms with Crippen molar-refractivity contribution in [3.05, 3.63) is 0 Å². The molecule has 0 saturated carbocycles. The molecule has 0 aromatic heterocycles. The normalized spacial score (nSPS) is 13.5. The number of hydrogen-bond acceptors (Lipinski definition) is 3. The molecule has 1 unspecified atom stereocenters. The highest BCUT2D eigenvalue weighted by Crippen LogP contribution is 2.31. The van der Waals surface area contributed by atoms with Crippen LogP contribution in [0.3, 0.4) is 0 Å². The Morgan fingerprint density at radius 1 is 0.586 bits per heavy atom. The first kappa shape index (κ1) is 27.9. The molecule has 0 rings (SSSR count). The maximum absolute atomic E-state index is 11.5. The van der Waals surface area contributed by atoms with Crippen LogP contribution in [0.15, 0.2) is 0 Å². The lowest BCUT2D eigenvalue weighted by atomic mass is 9.78. The molecular weight excluding hydrogens is 368 g/mol. The fourth-order valence-electron chi connectivity index (χ4n) is 4.11. The molecule has 0 fully saturated rings. The lowest BCUT2D eigenvalue weighted by Crippen LogP contribution is -2.47. The molecule has 0 heterocycles. The van der Waals surface area contributed by atoms with Crippen molar-refractivity contribution in [3.8, 4) is 0 Å². The molecule has 29 heavy (non-hydrogen) atoms. The van der Waals surface area contributed by atoms with Gasteiger partial charge in [-0.05, 0) is 12.8 Å². The third kappa shape index (κ3) is 13.7. The largest absolute Gasteiger partial charge is 0.481 e. The molecule has 0 aliphatic carbocycles. The number of rotatable bonds is 21. The van der Waals surface area contributed by atoms with Crippen molar-refractivity contribution in [2.75, 3.05) is 0 Å². The molecule has 0 radical (unpaired) electrons. The van der Waals surface area contributed by atoms with Crippen molar-refractivity contribution in [2.24, 2.45) is 5.92 Å². The van der Waals surface area contributed by atoms with Crippen LogP contribution in [-0.2, 0) is 9.59 Å². The number of carboxylic acids is 2. The highest BCUT2D eigenvalue weighted by molar-refractivity contribution is 5.94. The second-order valence-corrected chi connectivity index (χ2v) is 8.66. The number of carboxylic acid groups (broad SMARTS) is 2. The highest BCUT2D eigenvalue weighted by Gasteiger charge is 2.45. The summed E-state index contributed by atoms with van der Waals surface area (Å²) in [5.41, 5.74) is -1.65. The van der Waals surface area contributed by atoms with E-state index in [0.29, 0.717) is 12.8 Å². The van der Waals surface area contributed by atoms with Gasteiger partial charge in [0.15, 0.2) is 5.92 Å². The van der Waals surface area contributed by atoms with Gasteiger partial charge in [0.05, 0.1) is 5.60 Å². The average Bonchev–Trinajstić information content (AvgIpc) is 2.65. The average molecular weight is 415 g/mol. The van der Waals surface area contributed by atoms with Crippen LogP contribution in [0.2, 0.25) is 0 Å². The van der Waals surface area contributed by atoms with Crippen LogP contribution in [0.5, 0.6) is 0 Å². The molecule has 0 aliphatic heterocycles. The molecule has 0 spiro atoms. The van der Waals surface area contributed by atoms with Crippen LogP contribution in [0.25, 0.3) is 0 Å². The summed E-state index contributed by atoms with van der Waals surface area (Å²) in [5, 5.41) is 29.7. The van der Waals surface area contributed by atoms with E-state index in [1.54, 1.807) is 0 Å². The van der Waals surface area contributed by atoms with Gasteiger partial charge < -0.3 is 15.3 Å². The van der Waals surface area contributed by atoms with E-state index < -0.39 is 23.5 Å². The molecule has 0 aromatic rings. The van der Waals surface area contributed by atoms with E-state index in [4.69, 9.17) is 0 Å². The second-order valence-electron chi connectivity index (χ2n) is 8.66. The Morgan fingerprint density at radius 3 is 1.14 bits per heavy atom. The van der Waals surface area contributed by atoms with Gasteiger partial charge >= 0.3 is 11.9 Å². The van der Waals surface area contributed by atoms with E-state index in [0.717, 1.165) is 44.9 Å². The van der Waals surface area contributed by atoms with E-state index in [-0.39, 0.29) is 12.8 Å². The molecule has 1 atom stereocenters. The summed E-state index contributed by atoms with van der Waals surface area (Å²) in [6.07, 6.45) is 18.1. The van der Waals surface area contributed by atoms with E-state index in [2.05, 4.69) is 13.8 Å². The molecule has 5 nitrogen and oxygen atoms in total. The highest BCUT2D eigenvalue weighted by atomic mass is 16.4. The molecular formula is C24H46O5. The van der Waals surface area contributed by atoms with Gasteiger partial charge in [-0.1, -0.05) is 117 Å². The molecule has 5 heteroatoms. The van der Waals surface area contributed by atoms with Crippen molar-refractivity contribution in [3.63, 3.8) is 0 Å². The maximum Gasteiger partial charge on any atom is 0.320 e. The van der Waals surface area contributed by atoms with E-state index >= 15 is 0 Å². The standard InChI is InChI=1S/C24H46O5/c1-3-5-7-9-11-12-13-14-16-18-20-24(29,21(22(25)26)23(27)28)19-17-15-10-8-6-4-2/h21,29H,3-20H2,1-2H3,(H,25,26)(H,27,28). The Hall–Kier alpha value is -1.10. The Bertz CT molecular complexity index is 409. The number of unbranched alkanes of at least 4 members (excludes halogenated alkanes) is 14. The molecule has 0 amide bonds. The van der Waals surface area contributed by atoms with Gasteiger partial charge in [0, 0.05) is 0 Å². The first-order valence-electron chi connectivity index (χ1n) is 12.1. The fraction of sp³-hybridized carbons (Fsp3) is 0.917. The summed E-state index contributed by atoms with van der Waals surface area (Å²) < 4.78 is 0. The molecule has 0 saturated heterocycles. The molecule has 3 N–H and O–H groups in total. The van der Waals surface area contributed by atoms with Crippen molar-refractivity contribution in [1.82, 2.24) is 0 Å². The Morgan fingerprint density at radius 2 is 0.862 bits per heavy atom. The van der Waals surface area contributed by atoms with Crippen LogP contribution in [0.1, 0.15) is 129 Å². The monoisotopic (exact) mass is 414 g/mol.